The van der Waals surface area contributed by atoms with E-state index in [1.165, 1.54) is 11.3 Å². The van der Waals surface area contributed by atoms with Crippen LogP contribution >= 0.6 is 22.9 Å². The molecule has 0 saturated carbocycles. The Kier molecular flexibility index (Phi) is 4.08. The average molecular weight is 310 g/mol. The summed E-state index contributed by atoms with van der Waals surface area (Å²) in [6.07, 6.45) is 7.82. The first-order valence-corrected chi connectivity index (χ1v) is 7.92. The van der Waals surface area contributed by atoms with Gasteiger partial charge < -0.3 is 9.47 Å². The third-order valence-corrected chi connectivity index (χ3v) is 4.84. The number of nitrogens with zero attached hydrogens (tertiary/aromatic N) is 3. The number of likely N-dealkylation sites (tertiary alicyclic amines) is 1. The summed E-state index contributed by atoms with van der Waals surface area (Å²) in [6.45, 7) is 2.58. The highest BCUT2D eigenvalue weighted by atomic mass is 35.5. The van der Waals surface area contributed by atoms with Crippen LogP contribution in [0.1, 0.15) is 22.5 Å². The molecule has 1 atom stereocenters. The van der Waals surface area contributed by atoms with Gasteiger partial charge in [-0.3, -0.25) is 4.79 Å². The van der Waals surface area contributed by atoms with Crippen LogP contribution in [0.5, 0.6) is 0 Å². The van der Waals surface area contributed by atoms with Crippen molar-refractivity contribution in [3.8, 4) is 0 Å². The second-order valence-electron chi connectivity index (χ2n) is 5.12. The molecule has 4 nitrogen and oxygen atoms in total. The summed E-state index contributed by atoms with van der Waals surface area (Å²) in [6, 6.07) is 3.60. The summed E-state index contributed by atoms with van der Waals surface area (Å²) in [4.78, 5) is 19.2. The number of hydrogen-bond donors (Lipinski definition) is 0. The van der Waals surface area contributed by atoms with Gasteiger partial charge in [0.25, 0.3) is 5.91 Å². The number of piperidine rings is 1. The summed E-state index contributed by atoms with van der Waals surface area (Å²) in [5.74, 6) is 0.606. The molecule has 106 valence electrons. The van der Waals surface area contributed by atoms with Crippen LogP contribution in [0.4, 0.5) is 0 Å². The van der Waals surface area contributed by atoms with Gasteiger partial charge in [-0.2, -0.15) is 0 Å². The second-order valence-corrected chi connectivity index (χ2v) is 6.84. The predicted octanol–water partition coefficient (Wildman–Crippen LogP) is 3.15. The van der Waals surface area contributed by atoms with E-state index in [1.54, 1.807) is 12.3 Å². The Morgan fingerprint density at radius 1 is 1.50 bits per heavy atom. The normalized spacial score (nSPS) is 19.2. The van der Waals surface area contributed by atoms with Crippen LogP contribution in [0.25, 0.3) is 0 Å². The fraction of sp³-hybridized carbons (Fsp3) is 0.429. The third kappa shape index (κ3) is 3.04. The average Bonchev–Trinajstić information content (AvgIpc) is 3.10. The first-order valence-electron chi connectivity index (χ1n) is 6.73. The van der Waals surface area contributed by atoms with E-state index in [9.17, 15) is 4.79 Å². The van der Waals surface area contributed by atoms with Crippen molar-refractivity contribution >= 4 is 28.8 Å². The monoisotopic (exact) mass is 309 g/mol. The zero-order valence-corrected chi connectivity index (χ0v) is 12.6. The van der Waals surface area contributed by atoms with Crippen molar-refractivity contribution < 1.29 is 4.79 Å². The van der Waals surface area contributed by atoms with Crippen LogP contribution in [-0.4, -0.2) is 33.4 Å². The Balaban J connectivity index is 1.64. The molecule has 0 aromatic carbocycles. The van der Waals surface area contributed by atoms with Crippen LogP contribution in [0.15, 0.2) is 30.9 Å². The van der Waals surface area contributed by atoms with Gasteiger partial charge >= 0.3 is 0 Å². The van der Waals surface area contributed by atoms with Crippen LogP contribution < -0.4 is 0 Å². The van der Waals surface area contributed by atoms with Gasteiger partial charge in [0.2, 0.25) is 0 Å². The zero-order valence-electron chi connectivity index (χ0n) is 11.0. The van der Waals surface area contributed by atoms with Crippen molar-refractivity contribution in [2.75, 3.05) is 13.1 Å². The highest BCUT2D eigenvalue weighted by Crippen LogP contribution is 2.25. The van der Waals surface area contributed by atoms with E-state index in [2.05, 4.69) is 9.55 Å². The van der Waals surface area contributed by atoms with Crippen molar-refractivity contribution in [1.82, 2.24) is 14.5 Å². The van der Waals surface area contributed by atoms with Crippen molar-refractivity contribution in [1.29, 1.82) is 0 Å². The predicted molar refractivity (Wildman–Crippen MR) is 80.2 cm³/mol. The molecule has 1 saturated heterocycles. The van der Waals surface area contributed by atoms with E-state index in [4.69, 9.17) is 11.6 Å². The highest BCUT2D eigenvalue weighted by molar-refractivity contribution is 7.17. The quantitative estimate of drug-likeness (QED) is 0.873. The molecule has 0 unspecified atom stereocenters. The van der Waals surface area contributed by atoms with Crippen LogP contribution in [0, 0.1) is 5.92 Å². The van der Waals surface area contributed by atoms with Gasteiger partial charge in [-0.1, -0.05) is 11.6 Å². The third-order valence-electron chi connectivity index (χ3n) is 3.62. The first-order chi connectivity index (χ1) is 9.72. The molecule has 1 aliphatic heterocycles. The minimum atomic E-state index is 0.109. The summed E-state index contributed by atoms with van der Waals surface area (Å²) < 4.78 is 2.75. The fourth-order valence-corrected chi connectivity index (χ4v) is 3.69. The maximum Gasteiger partial charge on any atom is 0.263 e. The number of thiophene rings is 1. The summed E-state index contributed by atoms with van der Waals surface area (Å²) in [5, 5.41) is 0. The lowest BCUT2D eigenvalue weighted by Gasteiger charge is -2.32. The molecule has 0 radical (unpaired) electrons. The lowest BCUT2D eigenvalue weighted by molar-refractivity contribution is 0.0667. The molecule has 1 aliphatic rings. The smallest absolute Gasteiger partial charge is 0.263 e. The lowest BCUT2D eigenvalue weighted by atomic mass is 9.98. The van der Waals surface area contributed by atoms with Crippen molar-refractivity contribution in [3.63, 3.8) is 0 Å². The Hall–Kier alpha value is -1.33. The Morgan fingerprint density at radius 3 is 3.10 bits per heavy atom. The molecular weight excluding hydrogens is 294 g/mol. The number of aromatic nitrogens is 2. The summed E-state index contributed by atoms with van der Waals surface area (Å²) in [7, 11) is 0. The van der Waals surface area contributed by atoms with E-state index in [0.717, 1.165) is 37.4 Å². The van der Waals surface area contributed by atoms with E-state index in [0.29, 0.717) is 10.3 Å². The van der Waals surface area contributed by atoms with Crippen LogP contribution in [-0.2, 0) is 6.54 Å². The molecule has 3 rings (SSSR count). The van der Waals surface area contributed by atoms with Gasteiger partial charge in [-0.25, -0.2) is 4.98 Å². The van der Waals surface area contributed by atoms with E-state index >= 15 is 0 Å². The maximum atomic E-state index is 12.4. The number of carbonyl (C=O) groups is 1. The Morgan fingerprint density at radius 2 is 2.40 bits per heavy atom. The maximum absolute atomic E-state index is 12.4. The molecule has 6 heteroatoms. The van der Waals surface area contributed by atoms with Crippen LogP contribution in [0.2, 0.25) is 4.34 Å². The molecule has 0 spiro atoms. The van der Waals surface area contributed by atoms with Crippen molar-refractivity contribution in [3.05, 3.63) is 40.1 Å². The molecule has 0 N–H and O–H groups in total. The van der Waals surface area contributed by atoms with Crippen LogP contribution in [0.3, 0.4) is 0 Å². The SMILES string of the molecule is O=C(c1ccc(Cl)s1)N1CCC[C@@H](Cn2ccnc2)C1. The highest BCUT2D eigenvalue weighted by Gasteiger charge is 2.25. The fourth-order valence-electron chi connectivity index (χ4n) is 2.68. The van der Waals surface area contributed by atoms with Gasteiger partial charge in [0.1, 0.15) is 0 Å². The lowest BCUT2D eigenvalue weighted by Crippen LogP contribution is -2.40. The summed E-state index contributed by atoms with van der Waals surface area (Å²) in [5.41, 5.74) is 0. The van der Waals surface area contributed by atoms with Gasteiger partial charge in [-0.05, 0) is 30.9 Å². The molecule has 1 fully saturated rings. The van der Waals surface area contributed by atoms with Gasteiger partial charge in [-0.15, -0.1) is 11.3 Å². The second kappa shape index (κ2) is 5.97. The molecular formula is C14H16ClN3OS. The van der Waals surface area contributed by atoms with Crippen molar-refractivity contribution in [2.45, 2.75) is 19.4 Å². The number of halogens is 1. The largest absolute Gasteiger partial charge is 0.338 e. The standard InChI is InChI=1S/C14H16ClN3OS/c15-13-4-3-12(20-13)14(19)18-6-1-2-11(9-18)8-17-7-5-16-10-17/h3-5,7,10-11H,1-2,6,8-9H2/t11-/m0/s1. The molecule has 0 aliphatic carbocycles. The number of hydrogen-bond acceptors (Lipinski definition) is 3. The van der Waals surface area contributed by atoms with Gasteiger partial charge in [0, 0.05) is 32.0 Å². The summed E-state index contributed by atoms with van der Waals surface area (Å²) >= 11 is 7.26. The Bertz CT molecular complexity index is 581. The zero-order chi connectivity index (χ0) is 13.9. The topological polar surface area (TPSA) is 38.1 Å². The first kappa shape index (κ1) is 13.6. The Labute approximate surface area is 127 Å². The number of carbonyl (C=O) groups excluding carboxylic acids is 1. The van der Waals surface area contributed by atoms with E-state index in [1.807, 2.05) is 23.5 Å². The van der Waals surface area contributed by atoms with Gasteiger partial charge in [0.15, 0.2) is 0 Å². The molecule has 2 aromatic rings. The molecule has 0 bridgehead atoms. The van der Waals surface area contributed by atoms with Gasteiger partial charge in [0.05, 0.1) is 15.5 Å². The minimum Gasteiger partial charge on any atom is -0.338 e. The van der Waals surface area contributed by atoms with E-state index < -0.39 is 0 Å². The molecule has 1 amide bonds. The number of amides is 1. The minimum absolute atomic E-state index is 0.109. The molecule has 3 heterocycles. The van der Waals surface area contributed by atoms with Crippen molar-refractivity contribution in [2.24, 2.45) is 5.92 Å². The molecule has 20 heavy (non-hydrogen) atoms. The molecule has 2 aromatic heterocycles. The number of rotatable bonds is 3. The van der Waals surface area contributed by atoms with E-state index in [-0.39, 0.29) is 5.91 Å². The number of imidazole rings is 1.